The lowest BCUT2D eigenvalue weighted by atomic mass is 10.1. The lowest BCUT2D eigenvalue weighted by molar-refractivity contribution is 0.511. The second kappa shape index (κ2) is 4.01. The van der Waals surface area contributed by atoms with Crippen LogP contribution in [0.1, 0.15) is 37.5 Å². The second-order valence-corrected chi connectivity index (χ2v) is 4.19. The van der Waals surface area contributed by atoms with Crippen molar-refractivity contribution in [2.75, 3.05) is 0 Å². The third kappa shape index (κ3) is 2.05. The van der Waals surface area contributed by atoms with Crippen LogP contribution in [0.15, 0.2) is 5.38 Å². The first kappa shape index (κ1) is 9.68. The molecule has 0 saturated heterocycles. The molecule has 0 aliphatic heterocycles. The minimum absolute atomic E-state index is 0.107. The van der Waals surface area contributed by atoms with E-state index in [0.717, 1.165) is 17.1 Å². The monoisotopic (exact) mass is 184 g/mol. The molecule has 0 bridgehead atoms. The number of nitrogens with zero attached hydrogens (tertiary/aromatic N) is 1. The predicted molar refractivity (Wildman–Crippen MR) is 53.3 cm³/mol. The van der Waals surface area contributed by atoms with Crippen LogP contribution in [0.4, 0.5) is 0 Å². The Balaban J connectivity index is 2.74. The van der Waals surface area contributed by atoms with Gasteiger partial charge in [0.2, 0.25) is 0 Å². The fourth-order valence-corrected chi connectivity index (χ4v) is 2.00. The van der Waals surface area contributed by atoms with Crippen LogP contribution in [0.3, 0.4) is 0 Å². The van der Waals surface area contributed by atoms with Gasteiger partial charge in [0.05, 0.1) is 11.7 Å². The molecule has 1 aromatic rings. The first-order chi connectivity index (χ1) is 5.65. The van der Waals surface area contributed by atoms with Crippen molar-refractivity contribution in [1.82, 2.24) is 4.98 Å². The number of aryl methyl sites for hydroxylation is 1. The van der Waals surface area contributed by atoms with E-state index in [2.05, 4.69) is 31.1 Å². The predicted octanol–water partition coefficient (Wildman–Crippen LogP) is 2.36. The molecule has 1 aromatic heterocycles. The number of hydrogen-bond acceptors (Lipinski definition) is 3. The number of hydrogen-bond donors (Lipinski definition) is 1. The maximum absolute atomic E-state index is 5.95. The number of nitrogens with two attached hydrogens (primary N) is 1. The third-order valence-electron chi connectivity index (χ3n) is 1.94. The molecule has 0 radical (unpaired) electrons. The molecule has 1 atom stereocenters. The van der Waals surface area contributed by atoms with Crippen molar-refractivity contribution in [2.45, 2.75) is 33.2 Å². The second-order valence-electron chi connectivity index (χ2n) is 3.30. The largest absolute Gasteiger partial charge is 0.322 e. The maximum atomic E-state index is 5.95. The van der Waals surface area contributed by atoms with E-state index in [1.807, 2.05) is 0 Å². The molecule has 1 rings (SSSR count). The summed E-state index contributed by atoms with van der Waals surface area (Å²) in [4.78, 5) is 4.44. The molecular weight excluding hydrogens is 168 g/mol. The Morgan fingerprint density at radius 2 is 2.25 bits per heavy atom. The highest BCUT2D eigenvalue weighted by Crippen LogP contribution is 2.22. The van der Waals surface area contributed by atoms with Crippen molar-refractivity contribution in [3.05, 3.63) is 16.1 Å². The van der Waals surface area contributed by atoms with Crippen molar-refractivity contribution >= 4 is 11.3 Å². The molecule has 0 saturated carbocycles. The molecule has 0 aromatic carbocycles. The zero-order valence-electron chi connectivity index (χ0n) is 7.87. The van der Waals surface area contributed by atoms with Gasteiger partial charge in [0.25, 0.3) is 0 Å². The summed E-state index contributed by atoms with van der Waals surface area (Å²) in [5, 5.41) is 3.17. The van der Waals surface area contributed by atoms with Gasteiger partial charge < -0.3 is 5.73 Å². The van der Waals surface area contributed by atoms with Gasteiger partial charge in [0.1, 0.15) is 5.01 Å². The standard InChI is InChI=1S/C9H16N2S/c1-4-7-5-12-9(11-7)8(10)6(2)3/h5-6,8H,4,10H2,1-3H3. The van der Waals surface area contributed by atoms with Gasteiger partial charge in [-0.1, -0.05) is 20.8 Å². The van der Waals surface area contributed by atoms with Gasteiger partial charge in [-0.15, -0.1) is 11.3 Å². The van der Waals surface area contributed by atoms with E-state index < -0.39 is 0 Å². The molecule has 1 unspecified atom stereocenters. The van der Waals surface area contributed by atoms with Crippen LogP contribution in [0.25, 0.3) is 0 Å². The minimum atomic E-state index is 0.107. The molecule has 2 N–H and O–H groups in total. The zero-order chi connectivity index (χ0) is 9.14. The zero-order valence-corrected chi connectivity index (χ0v) is 8.69. The van der Waals surface area contributed by atoms with Crippen molar-refractivity contribution < 1.29 is 0 Å². The topological polar surface area (TPSA) is 38.9 Å². The van der Waals surface area contributed by atoms with Crippen LogP contribution in [0, 0.1) is 5.92 Å². The van der Waals surface area contributed by atoms with Crippen molar-refractivity contribution in [1.29, 1.82) is 0 Å². The number of thiazole rings is 1. The van der Waals surface area contributed by atoms with Crippen molar-refractivity contribution in [3.8, 4) is 0 Å². The number of rotatable bonds is 3. The fourth-order valence-electron chi connectivity index (χ4n) is 0.923. The van der Waals surface area contributed by atoms with Crippen LogP contribution in [0.2, 0.25) is 0 Å². The Hall–Kier alpha value is -0.410. The molecule has 1 heterocycles. The molecule has 0 spiro atoms. The van der Waals surface area contributed by atoms with Gasteiger partial charge in [-0.2, -0.15) is 0 Å². The first-order valence-electron chi connectivity index (χ1n) is 4.35. The third-order valence-corrected chi connectivity index (χ3v) is 2.93. The highest BCUT2D eigenvalue weighted by Gasteiger charge is 2.13. The average Bonchev–Trinajstić information content (AvgIpc) is 2.50. The van der Waals surface area contributed by atoms with Crippen LogP contribution in [0.5, 0.6) is 0 Å². The molecule has 0 amide bonds. The van der Waals surface area contributed by atoms with E-state index >= 15 is 0 Å². The molecular formula is C9H16N2S. The van der Waals surface area contributed by atoms with Gasteiger partial charge in [0, 0.05) is 5.38 Å². The van der Waals surface area contributed by atoms with Crippen LogP contribution in [-0.4, -0.2) is 4.98 Å². The summed E-state index contributed by atoms with van der Waals surface area (Å²) in [6.45, 7) is 6.36. The summed E-state index contributed by atoms with van der Waals surface area (Å²) in [6.07, 6.45) is 1.00. The highest BCUT2D eigenvalue weighted by atomic mass is 32.1. The molecule has 68 valence electrons. The van der Waals surface area contributed by atoms with E-state index in [0.29, 0.717) is 5.92 Å². The summed E-state index contributed by atoms with van der Waals surface area (Å²) in [5.41, 5.74) is 7.11. The minimum Gasteiger partial charge on any atom is -0.322 e. The lowest BCUT2D eigenvalue weighted by Crippen LogP contribution is -2.16. The van der Waals surface area contributed by atoms with E-state index in [1.54, 1.807) is 11.3 Å². The smallest absolute Gasteiger partial charge is 0.110 e. The summed E-state index contributed by atoms with van der Waals surface area (Å²) in [7, 11) is 0. The van der Waals surface area contributed by atoms with Crippen molar-refractivity contribution in [3.63, 3.8) is 0 Å². The van der Waals surface area contributed by atoms with Gasteiger partial charge in [-0.05, 0) is 12.3 Å². The first-order valence-corrected chi connectivity index (χ1v) is 5.23. The Morgan fingerprint density at radius 1 is 1.58 bits per heavy atom. The normalized spacial score (nSPS) is 13.8. The highest BCUT2D eigenvalue weighted by molar-refractivity contribution is 7.09. The Kier molecular flexibility index (Phi) is 3.23. The SMILES string of the molecule is CCc1csc(C(N)C(C)C)n1. The molecule has 12 heavy (non-hydrogen) atoms. The van der Waals surface area contributed by atoms with Gasteiger partial charge in [0.15, 0.2) is 0 Å². The Morgan fingerprint density at radius 3 is 2.67 bits per heavy atom. The van der Waals surface area contributed by atoms with Gasteiger partial charge in [-0.25, -0.2) is 4.98 Å². The summed E-state index contributed by atoms with van der Waals surface area (Å²) >= 11 is 1.67. The molecule has 2 nitrogen and oxygen atoms in total. The molecule has 0 aliphatic rings. The van der Waals surface area contributed by atoms with Crippen molar-refractivity contribution in [2.24, 2.45) is 11.7 Å². The molecule has 3 heteroatoms. The maximum Gasteiger partial charge on any atom is 0.110 e. The number of aromatic nitrogens is 1. The molecule has 0 aliphatic carbocycles. The van der Waals surface area contributed by atoms with E-state index in [4.69, 9.17) is 5.73 Å². The Bertz CT molecular complexity index is 242. The van der Waals surface area contributed by atoms with Crippen LogP contribution >= 0.6 is 11.3 Å². The van der Waals surface area contributed by atoms with Gasteiger partial charge >= 0.3 is 0 Å². The van der Waals surface area contributed by atoms with Crippen LogP contribution < -0.4 is 5.73 Å². The Labute approximate surface area is 77.8 Å². The average molecular weight is 184 g/mol. The summed E-state index contributed by atoms with van der Waals surface area (Å²) in [6, 6.07) is 0.107. The van der Waals surface area contributed by atoms with Gasteiger partial charge in [-0.3, -0.25) is 0 Å². The fraction of sp³-hybridized carbons (Fsp3) is 0.667. The van der Waals surface area contributed by atoms with E-state index in [1.165, 1.54) is 0 Å². The summed E-state index contributed by atoms with van der Waals surface area (Å²) in [5.74, 6) is 0.473. The van der Waals surface area contributed by atoms with E-state index in [9.17, 15) is 0 Å². The van der Waals surface area contributed by atoms with E-state index in [-0.39, 0.29) is 6.04 Å². The lowest BCUT2D eigenvalue weighted by Gasteiger charge is -2.11. The van der Waals surface area contributed by atoms with Crippen LogP contribution in [-0.2, 0) is 6.42 Å². The quantitative estimate of drug-likeness (QED) is 0.783. The molecule has 0 fully saturated rings. The summed E-state index contributed by atoms with van der Waals surface area (Å²) < 4.78 is 0.